The number of H-pyrrole nitrogens is 1. The molecule has 0 aliphatic carbocycles. The van der Waals surface area contributed by atoms with Gasteiger partial charge in [0.2, 0.25) is 5.78 Å². The number of ketones is 1. The third kappa shape index (κ3) is 3.52. The number of aryl methyl sites for hydroxylation is 2. The largest absolute Gasteiger partial charge is 0.362 e. The van der Waals surface area contributed by atoms with Gasteiger partial charge in [-0.3, -0.25) is 18.6 Å². The standard InChI is InChI=1S/C24H21N5O2S/c1-15-12-19(16(2)25-15)21(30)14-32-24-27-26-23-28(13-17-8-4-3-5-9-17)22(31)18-10-6-7-11-20(18)29(23)24/h3-12,25H,13-14H2,1-2H3. The lowest BCUT2D eigenvalue weighted by molar-refractivity contribution is 0.102. The second kappa shape index (κ2) is 8.12. The molecule has 0 saturated heterocycles. The summed E-state index contributed by atoms with van der Waals surface area (Å²) in [6, 6.07) is 19.1. The fourth-order valence-electron chi connectivity index (χ4n) is 3.96. The van der Waals surface area contributed by atoms with Gasteiger partial charge in [0, 0.05) is 17.0 Å². The lowest BCUT2D eigenvalue weighted by atomic mass is 10.2. The van der Waals surface area contributed by atoms with Crippen molar-refractivity contribution in [1.29, 1.82) is 0 Å². The van der Waals surface area contributed by atoms with Crippen molar-refractivity contribution < 1.29 is 4.79 Å². The van der Waals surface area contributed by atoms with Gasteiger partial charge in [0.05, 0.1) is 23.2 Å². The number of benzene rings is 2. The van der Waals surface area contributed by atoms with Gasteiger partial charge in [-0.05, 0) is 37.6 Å². The van der Waals surface area contributed by atoms with E-state index in [-0.39, 0.29) is 17.1 Å². The lowest BCUT2D eigenvalue weighted by Gasteiger charge is -2.11. The van der Waals surface area contributed by atoms with Crippen molar-refractivity contribution in [3.63, 3.8) is 0 Å². The maximum absolute atomic E-state index is 13.3. The van der Waals surface area contributed by atoms with Crippen LogP contribution in [0, 0.1) is 13.8 Å². The summed E-state index contributed by atoms with van der Waals surface area (Å²) in [5.74, 6) is 0.710. The first-order valence-corrected chi connectivity index (χ1v) is 11.2. The van der Waals surface area contributed by atoms with Gasteiger partial charge in [-0.2, -0.15) is 0 Å². The Labute approximate surface area is 188 Å². The molecular weight excluding hydrogens is 422 g/mol. The minimum Gasteiger partial charge on any atom is -0.362 e. The number of nitrogens with zero attached hydrogens (tertiary/aromatic N) is 4. The Kier molecular flexibility index (Phi) is 5.14. The molecule has 32 heavy (non-hydrogen) atoms. The number of aromatic nitrogens is 5. The van der Waals surface area contributed by atoms with E-state index in [1.54, 1.807) is 4.57 Å². The van der Waals surface area contributed by atoms with Gasteiger partial charge >= 0.3 is 0 Å². The van der Waals surface area contributed by atoms with E-state index in [0.717, 1.165) is 22.5 Å². The molecule has 0 fully saturated rings. The van der Waals surface area contributed by atoms with Crippen LogP contribution in [-0.2, 0) is 6.54 Å². The third-order valence-corrected chi connectivity index (χ3v) is 6.37. The third-order valence-electron chi connectivity index (χ3n) is 5.44. The number of fused-ring (bicyclic) bond motifs is 3. The molecule has 0 radical (unpaired) electrons. The van der Waals surface area contributed by atoms with E-state index >= 15 is 0 Å². The zero-order valence-electron chi connectivity index (χ0n) is 17.7. The molecule has 0 bridgehead atoms. The molecule has 2 aromatic carbocycles. The number of Topliss-reactive ketones (excluding diaryl/α,β-unsaturated/α-hetero) is 1. The summed E-state index contributed by atoms with van der Waals surface area (Å²) in [5, 5.41) is 9.84. The van der Waals surface area contributed by atoms with Gasteiger partial charge in [0.1, 0.15) is 0 Å². The summed E-state index contributed by atoms with van der Waals surface area (Å²) in [6.07, 6.45) is 0. The first-order valence-electron chi connectivity index (χ1n) is 10.3. The van der Waals surface area contributed by atoms with Gasteiger partial charge < -0.3 is 4.98 Å². The molecule has 160 valence electrons. The quantitative estimate of drug-likeness (QED) is 0.317. The number of para-hydroxylation sites is 1. The number of thioether (sulfide) groups is 1. The molecule has 5 rings (SSSR count). The maximum Gasteiger partial charge on any atom is 0.263 e. The van der Waals surface area contributed by atoms with E-state index in [2.05, 4.69) is 15.2 Å². The van der Waals surface area contributed by atoms with Crippen LogP contribution in [0.25, 0.3) is 16.7 Å². The van der Waals surface area contributed by atoms with Crippen molar-refractivity contribution in [3.8, 4) is 0 Å². The zero-order chi connectivity index (χ0) is 22.2. The maximum atomic E-state index is 13.3. The first kappa shape index (κ1) is 20.3. The molecule has 0 aliphatic heterocycles. The van der Waals surface area contributed by atoms with E-state index in [4.69, 9.17) is 0 Å². The van der Waals surface area contributed by atoms with Crippen LogP contribution in [0.4, 0.5) is 0 Å². The second-order valence-electron chi connectivity index (χ2n) is 7.71. The normalized spacial score (nSPS) is 11.4. The number of hydrogen-bond acceptors (Lipinski definition) is 5. The molecule has 5 aromatic rings. The predicted molar refractivity (Wildman–Crippen MR) is 126 cm³/mol. The highest BCUT2D eigenvalue weighted by Gasteiger charge is 2.19. The molecule has 3 heterocycles. The predicted octanol–water partition coefficient (Wildman–Crippen LogP) is 4.01. The van der Waals surface area contributed by atoms with Crippen LogP contribution in [0.3, 0.4) is 0 Å². The van der Waals surface area contributed by atoms with Gasteiger partial charge in [0.15, 0.2) is 10.9 Å². The van der Waals surface area contributed by atoms with Crippen molar-refractivity contribution in [3.05, 3.63) is 93.5 Å². The number of rotatable bonds is 6. The minimum atomic E-state index is -0.115. The number of nitrogens with one attached hydrogen (secondary N) is 1. The van der Waals surface area contributed by atoms with E-state index in [0.29, 0.717) is 28.4 Å². The minimum absolute atomic E-state index is 0.0236. The monoisotopic (exact) mass is 443 g/mol. The number of aromatic amines is 1. The Hall–Kier alpha value is -3.65. The average Bonchev–Trinajstić information content (AvgIpc) is 3.38. The van der Waals surface area contributed by atoms with Crippen molar-refractivity contribution in [2.75, 3.05) is 5.75 Å². The Morgan fingerprint density at radius 1 is 1.03 bits per heavy atom. The van der Waals surface area contributed by atoms with Crippen LogP contribution in [0.5, 0.6) is 0 Å². The molecule has 0 aliphatic rings. The molecule has 0 amide bonds. The molecule has 8 heteroatoms. The van der Waals surface area contributed by atoms with Crippen molar-refractivity contribution in [2.24, 2.45) is 0 Å². The Balaban J connectivity index is 1.58. The molecule has 7 nitrogen and oxygen atoms in total. The van der Waals surface area contributed by atoms with Gasteiger partial charge in [-0.15, -0.1) is 10.2 Å². The molecule has 0 unspecified atom stereocenters. The summed E-state index contributed by atoms with van der Waals surface area (Å²) in [7, 11) is 0. The summed E-state index contributed by atoms with van der Waals surface area (Å²) >= 11 is 1.32. The summed E-state index contributed by atoms with van der Waals surface area (Å²) < 4.78 is 3.50. The number of hydrogen-bond donors (Lipinski definition) is 1. The van der Waals surface area contributed by atoms with E-state index < -0.39 is 0 Å². The first-order chi connectivity index (χ1) is 15.5. The van der Waals surface area contributed by atoms with Crippen LogP contribution >= 0.6 is 11.8 Å². The van der Waals surface area contributed by atoms with E-state index in [1.165, 1.54) is 11.8 Å². The van der Waals surface area contributed by atoms with E-state index in [9.17, 15) is 9.59 Å². The van der Waals surface area contributed by atoms with Crippen LogP contribution in [0.1, 0.15) is 27.3 Å². The number of carbonyl (C=O) groups is 1. The number of carbonyl (C=O) groups excluding carboxylic acids is 1. The second-order valence-corrected chi connectivity index (χ2v) is 8.66. The Morgan fingerprint density at radius 3 is 2.53 bits per heavy atom. The van der Waals surface area contributed by atoms with Gasteiger partial charge in [0.25, 0.3) is 5.56 Å². The zero-order valence-corrected chi connectivity index (χ0v) is 18.5. The highest BCUT2D eigenvalue weighted by atomic mass is 32.2. The molecule has 3 aromatic heterocycles. The van der Waals surface area contributed by atoms with Gasteiger partial charge in [-0.1, -0.05) is 54.2 Å². The summed E-state index contributed by atoms with van der Waals surface area (Å²) in [6.45, 7) is 4.21. The fraction of sp³-hybridized carbons (Fsp3) is 0.167. The van der Waals surface area contributed by atoms with Crippen LogP contribution in [0.2, 0.25) is 0 Å². The van der Waals surface area contributed by atoms with Crippen molar-refractivity contribution in [1.82, 2.24) is 24.1 Å². The highest BCUT2D eigenvalue weighted by Crippen LogP contribution is 2.23. The molecule has 0 atom stereocenters. The smallest absolute Gasteiger partial charge is 0.263 e. The fourth-order valence-corrected chi connectivity index (χ4v) is 4.78. The molecule has 0 saturated carbocycles. The lowest BCUT2D eigenvalue weighted by Crippen LogP contribution is -2.24. The van der Waals surface area contributed by atoms with Crippen LogP contribution in [-0.4, -0.2) is 35.7 Å². The van der Waals surface area contributed by atoms with E-state index in [1.807, 2.05) is 78.9 Å². The SMILES string of the molecule is Cc1cc(C(=O)CSc2nnc3n(Cc4ccccc4)c(=O)c4ccccc4n23)c(C)[nH]1. The van der Waals surface area contributed by atoms with Gasteiger partial charge in [-0.25, -0.2) is 0 Å². The highest BCUT2D eigenvalue weighted by molar-refractivity contribution is 7.99. The van der Waals surface area contributed by atoms with Crippen molar-refractivity contribution >= 4 is 34.2 Å². The Bertz CT molecular complexity index is 1510. The Morgan fingerprint density at radius 2 is 1.78 bits per heavy atom. The topological polar surface area (TPSA) is 85.0 Å². The van der Waals surface area contributed by atoms with Crippen LogP contribution < -0.4 is 5.56 Å². The van der Waals surface area contributed by atoms with Crippen molar-refractivity contribution in [2.45, 2.75) is 25.5 Å². The van der Waals surface area contributed by atoms with Crippen LogP contribution in [0.15, 0.2) is 70.6 Å². The summed E-state index contributed by atoms with van der Waals surface area (Å²) in [4.78, 5) is 29.2. The molecule has 1 N–H and O–H groups in total. The molecular formula is C24H21N5O2S. The average molecular weight is 444 g/mol. The summed E-state index contributed by atoms with van der Waals surface area (Å²) in [5.41, 5.74) is 4.12. The molecule has 0 spiro atoms.